The van der Waals surface area contributed by atoms with Gasteiger partial charge in [0.2, 0.25) is 0 Å². The number of thioether (sulfide) groups is 1. The number of aromatic nitrogens is 1. The van der Waals surface area contributed by atoms with Crippen LogP contribution in [0, 0.1) is 6.92 Å². The molecule has 1 saturated carbocycles. The number of hydrogen-bond donors (Lipinski definition) is 1. The van der Waals surface area contributed by atoms with Crippen molar-refractivity contribution in [3.63, 3.8) is 0 Å². The molecule has 3 atom stereocenters. The van der Waals surface area contributed by atoms with Crippen LogP contribution in [0.1, 0.15) is 67.6 Å². The molecule has 3 unspecified atom stereocenters. The zero-order chi connectivity index (χ0) is 13.4. The SMILES string of the molecule is CSC1CCCC(n2c(C)cc3c2CCCC3N)C1. The van der Waals surface area contributed by atoms with Crippen LogP contribution < -0.4 is 5.73 Å². The van der Waals surface area contributed by atoms with Crippen LogP contribution in [0.15, 0.2) is 6.07 Å². The highest BCUT2D eigenvalue weighted by Crippen LogP contribution is 2.39. The summed E-state index contributed by atoms with van der Waals surface area (Å²) >= 11 is 2.05. The lowest BCUT2D eigenvalue weighted by Crippen LogP contribution is -2.25. The summed E-state index contributed by atoms with van der Waals surface area (Å²) in [6.07, 6.45) is 11.4. The average Bonchev–Trinajstić information content (AvgIpc) is 2.77. The van der Waals surface area contributed by atoms with Crippen molar-refractivity contribution in [1.29, 1.82) is 0 Å². The Bertz CT molecular complexity index is 452. The Hall–Kier alpha value is -0.410. The summed E-state index contributed by atoms with van der Waals surface area (Å²) in [6.45, 7) is 2.27. The van der Waals surface area contributed by atoms with Gasteiger partial charge < -0.3 is 10.3 Å². The molecule has 106 valence electrons. The predicted molar refractivity (Wildman–Crippen MR) is 83.8 cm³/mol. The molecular weight excluding hydrogens is 252 g/mol. The Balaban J connectivity index is 1.92. The maximum Gasteiger partial charge on any atom is 0.0346 e. The van der Waals surface area contributed by atoms with Crippen molar-refractivity contribution in [1.82, 2.24) is 4.57 Å². The molecule has 0 bridgehead atoms. The molecule has 0 spiro atoms. The molecule has 0 amide bonds. The highest BCUT2D eigenvalue weighted by Gasteiger charge is 2.28. The molecule has 2 aliphatic rings. The van der Waals surface area contributed by atoms with Crippen molar-refractivity contribution in [2.75, 3.05) is 6.26 Å². The summed E-state index contributed by atoms with van der Waals surface area (Å²) in [5.41, 5.74) is 10.7. The van der Waals surface area contributed by atoms with E-state index in [1.54, 1.807) is 5.69 Å². The van der Waals surface area contributed by atoms with Gasteiger partial charge in [-0.15, -0.1) is 0 Å². The van der Waals surface area contributed by atoms with E-state index in [9.17, 15) is 0 Å². The van der Waals surface area contributed by atoms with Crippen molar-refractivity contribution in [3.05, 3.63) is 23.0 Å². The van der Waals surface area contributed by atoms with Gasteiger partial charge in [-0.3, -0.25) is 0 Å². The number of nitrogens with zero attached hydrogens (tertiary/aromatic N) is 1. The average molecular weight is 278 g/mol. The Morgan fingerprint density at radius 3 is 2.89 bits per heavy atom. The van der Waals surface area contributed by atoms with Crippen LogP contribution in [-0.2, 0) is 6.42 Å². The zero-order valence-corrected chi connectivity index (χ0v) is 13.0. The van der Waals surface area contributed by atoms with Crippen LogP contribution in [0.5, 0.6) is 0 Å². The van der Waals surface area contributed by atoms with Crippen molar-refractivity contribution >= 4 is 11.8 Å². The quantitative estimate of drug-likeness (QED) is 0.887. The molecule has 1 heterocycles. The fourth-order valence-corrected chi connectivity index (χ4v) is 4.85. The molecule has 1 aromatic heterocycles. The summed E-state index contributed by atoms with van der Waals surface area (Å²) in [7, 11) is 0. The topological polar surface area (TPSA) is 30.9 Å². The standard InChI is InChI=1S/C16H26N2S/c1-11-9-14-15(17)7-4-8-16(14)18(11)12-5-3-6-13(10-12)19-2/h9,12-13,15H,3-8,10,17H2,1-2H3. The monoisotopic (exact) mass is 278 g/mol. The van der Waals surface area contributed by atoms with Crippen LogP contribution in [0.4, 0.5) is 0 Å². The van der Waals surface area contributed by atoms with Gasteiger partial charge in [-0.05, 0) is 63.3 Å². The third-order valence-electron chi connectivity index (χ3n) is 4.99. The molecule has 0 saturated heterocycles. The smallest absolute Gasteiger partial charge is 0.0346 e. The highest BCUT2D eigenvalue weighted by molar-refractivity contribution is 7.99. The Labute approximate surface area is 121 Å². The van der Waals surface area contributed by atoms with Gasteiger partial charge in [0.15, 0.2) is 0 Å². The van der Waals surface area contributed by atoms with Crippen molar-refractivity contribution in [3.8, 4) is 0 Å². The number of aryl methyl sites for hydroxylation is 1. The minimum atomic E-state index is 0.281. The van der Waals surface area contributed by atoms with E-state index in [4.69, 9.17) is 5.73 Å². The highest BCUT2D eigenvalue weighted by atomic mass is 32.2. The van der Waals surface area contributed by atoms with Gasteiger partial charge >= 0.3 is 0 Å². The second-order valence-corrected chi connectivity index (χ2v) is 7.37. The van der Waals surface area contributed by atoms with E-state index in [1.165, 1.54) is 49.8 Å². The van der Waals surface area contributed by atoms with Crippen LogP contribution in [0.2, 0.25) is 0 Å². The molecule has 3 rings (SSSR count). The first kappa shape index (κ1) is 13.6. The van der Waals surface area contributed by atoms with Crippen LogP contribution in [0.25, 0.3) is 0 Å². The molecule has 2 nitrogen and oxygen atoms in total. The molecule has 3 heteroatoms. The first-order valence-electron chi connectivity index (χ1n) is 7.69. The summed E-state index contributed by atoms with van der Waals surface area (Å²) < 4.78 is 2.65. The lowest BCUT2D eigenvalue weighted by molar-refractivity contribution is 0.346. The molecule has 2 aliphatic carbocycles. The summed E-state index contributed by atoms with van der Waals surface area (Å²) in [5.74, 6) is 0. The van der Waals surface area contributed by atoms with Crippen molar-refractivity contribution < 1.29 is 0 Å². The summed E-state index contributed by atoms with van der Waals surface area (Å²) in [5, 5.41) is 0.855. The second kappa shape index (κ2) is 5.53. The van der Waals surface area contributed by atoms with E-state index in [-0.39, 0.29) is 6.04 Å². The van der Waals surface area contributed by atoms with Crippen LogP contribution >= 0.6 is 11.8 Å². The molecule has 0 aliphatic heterocycles. The van der Waals surface area contributed by atoms with Gasteiger partial charge in [0.1, 0.15) is 0 Å². The Morgan fingerprint density at radius 1 is 1.26 bits per heavy atom. The van der Waals surface area contributed by atoms with Crippen molar-refractivity contribution in [2.45, 2.75) is 69.2 Å². The third kappa shape index (κ3) is 2.47. The van der Waals surface area contributed by atoms with Gasteiger partial charge in [-0.2, -0.15) is 11.8 Å². The van der Waals surface area contributed by atoms with Crippen LogP contribution in [-0.4, -0.2) is 16.1 Å². The Kier molecular flexibility index (Phi) is 3.95. The molecule has 0 aromatic carbocycles. The minimum absolute atomic E-state index is 0.281. The summed E-state index contributed by atoms with van der Waals surface area (Å²) in [6, 6.07) is 3.37. The second-order valence-electron chi connectivity index (χ2n) is 6.23. The molecular formula is C16H26N2S. The number of hydrogen-bond acceptors (Lipinski definition) is 2. The van der Waals surface area contributed by atoms with Gasteiger partial charge in [-0.1, -0.05) is 6.42 Å². The van der Waals surface area contributed by atoms with Gasteiger partial charge in [0, 0.05) is 28.7 Å². The van der Waals surface area contributed by atoms with E-state index in [0.717, 1.165) is 17.7 Å². The van der Waals surface area contributed by atoms with E-state index in [1.807, 2.05) is 0 Å². The molecule has 2 N–H and O–H groups in total. The molecule has 19 heavy (non-hydrogen) atoms. The van der Waals surface area contributed by atoms with Gasteiger partial charge in [0.05, 0.1) is 0 Å². The lowest BCUT2D eigenvalue weighted by atomic mass is 9.91. The van der Waals surface area contributed by atoms with E-state index < -0.39 is 0 Å². The molecule has 1 fully saturated rings. The zero-order valence-electron chi connectivity index (χ0n) is 12.2. The van der Waals surface area contributed by atoms with Crippen LogP contribution in [0.3, 0.4) is 0 Å². The Morgan fingerprint density at radius 2 is 2.11 bits per heavy atom. The first-order chi connectivity index (χ1) is 9.20. The minimum Gasteiger partial charge on any atom is -0.346 e. The van der Waals surface area contributed by atoms with Gasteiger partial charge in [-0.25, -0.2) is 0 Å². The van der Waals surface area contributed by atoms with E-state index >= 15 is 0 Å². The number of fused-ring (bicyclic) bond motifs is 1. The lowest BCUT2D eigenvalue weighted by Gasteiger charge is -2.32. The number of nitrogens with two attached hydrogens (primary N) is 1. The number of rotatable bonds is 2. The molecule has 0 radical (unpaired) electrons. The maximum absolute atomic E-state index is 6.29. The van der Waals surface area contributed by atoms with E-state index in [0.29, 0.717) is 0 Å². The largest absolute Gasteiger partial charge is 0.346 e. The fourth-order valence-electron chi connectivity index (χ4n) is 4.04. The predicted octanol–water partition coefficient (Wildman–Crippen LogP) is 3.98. The third-order valence-corrected chi connectivity index (χ3v) is 6.09. The first-order valence-corrected chi connectivity index (χ1v) is 8.98. The normalized spacial score (nSPS) is 31.2. The van der Waals surface area contributed by atoms with Crippen molar-refractivity contribution in [2.24, 2.45) is 5.73 Å². The van der Waals surface area contributed by atoms with Gasteiger partial charge in [0.25, 0.3) is 0 Å². The molecule has 1 aromatic rings. The van der Waals surface area contributed by atoms with E-state index in [2.05, 4.69) is 35.6 Å². The fraction of sp³-hybridized carbons (Fsp3) is 0.750. The maximum atomic E-state index is 6.29. The summed E-state index contributed by atoms with van der Waals surface area (Å²) in [4.78, 5) is 0.